The number of carbonyl (C=O) groups is 3. The van der Waals surface area contributed by atoms with E-state index in [1.807, 2.05) is 0 Å². The van der Waals surface area contributed by atoms with Gasteiger partial charge in [0.2, 0.25) is 0 Å². The molecule has 2 fully saturated rings. The maximum Gasteiger partial charge on any atom is 0.431 e. The smallest absolute Gasteiger partial charge is 0.431 e. The van der Waals surface area contributed by atoms with Crippen molar-refractivity contribution >= 4 is 17.9 Å². The van der Waals surface area contributed by atoms with Crippen LogP contribution in [-0.4, -0.2) is 63.9 Å². The molecule has 2 bridgehead atoms. The van der Waals surface area contributed by atoms with Crippen LogP contribution < -0.4 is 0 Å². The summed E-state index contributed by atoms with van der Waals surface area (Å²) in [4.78, 5) is 47.2. The molecule has 11 nitrogen and oxygen atoms in total. The van der Waals surface area contributed by atoms with Gasteiger partial charge in [0.25, 0.3) is 11.8 Å². The third-order valence-corrected chi connectivity index (χ3v) is 5.06. The summed E-state index contributed by atoms with van der Waals surface area (Å²) in [7, 11) is 0. The largest absolute Gasteiger partial charge is 0.448 e. The van der Waals surface area contributed by atoms with Crippen LogP contribution in [0.2, 0.25) is 0 Å². The van der Waals surface area contributed by atoms with Crippen LogP contribution in [0.5, 0.6) is 0 Å². The second-order valence-corrected chi connectivity index (χ2v) is 6.71. The van der Waals surface area contributed by atoms with Gasteiger partial charge in [0.05, 0.1) is 6.61 Å². The molecule has 1 aromatic rings. The van der Waals surface area contributed by atoms with Gasteiger partial charge in [-0.2, -0.15) is 10.1 Å². The number of benzene rings is 1. The van der Waals surface area contributed by atoms with E-state index in [9.17, 15) is 14.4 Å². The Bertz CT molecular complexity index is 943. The van der Waals surface area contributed by atoms with Crippen LogP contribution in [0.4, 0.5) is 4.79 Å². The molecule has 11 heteroatoms. The fourth-order valence-corrected chi connectivity index (χ4v) is 3.75. The molecule has 0 saturated carbocycles. The predicted octanol–water partition coefficient (Wildman–Crippen LogP) is 1.99. The summed E-state index contributed by atoms with van der Waals surface area (Å²) in [5.41, 5.74) is 9.89. The molecular weight excluding hydrogens is 380 g/mol. The lowest BCUT2D eigenvalue weighted by molar-refractivity contribution is -0.185. The van der Waals surface area contributed by atoms with Gasteiger partial charge in [-0.05, 0) is 43.2 Å². The molecule has 4 heterocycles. The van der Waals surface area contributed by atoms with Crippen molar-refractivity contribution in [2.75, 3.05) is 6.61 Å². The Hall–Kier alpha value is -3.56. The number of β-lactam (4-membered cyclic amide) rings is 1. The van der Waals surface area contributed by atoms with Gasteiger partial charge in [0.15, 0.2) is 6.17 Å². The monoisotopic (exact) mass is 398 g/mol. The minimum Gasteiger partial charge on any atom is -0.448 e. The van der Waals surface area contributed by atoms with E-state index in [4.69, 9.17) is 15.1 Å². The summed E-state index contributed by atoms with van der Waals surface area (Å²) < 4.78 is 5.12. The molecule has 4 atom stereocenters. The Labute approximate surface area is 165 Å². The number of hydroxylamine groups is 2. The number of hydrazine groups is 1. The molecule has 150 valence electrons. The van der Waals surface area contributed by atoms with Gasteiger partial charge < -0.3 is 4.74 Å². The third-order valence-electron chi connectivity index (χ3n) is 5.06. The van der Waals surface area contributed by atoms with Crippen molar-refractivity contribution in [1.29, 1.82) is 0 Å². The van der Waals surface area contributed by atoms with Gasteiger partial charge in [0.1, 0.15) is 18.2 Å². The Morgan fingerprint density at radius 2 is 2.03 bits per heavy atom. The highest BCUT2D eigenvalue weighted by molar-refractivity contribution is 5.95. The summed E-state index contributed by atoms with van der Waals surface area (Å²) in [5, 5.41) is 6.83. The summed E-state index contributed by atoms with van der Waals surface area (Å²) in [6.07, 6.45) is -0.924. The molecule has 0 aromatic heterocycles. The van der Waals surface area contributed by atoms with Crippen molar-refractivity contribution in [1.82, 2.24) is 15.1 Å². The number of nitrogens with zero attached hydrogens (tertiary/aromatic N) is 6. The Morgan fingerprint density at radius 1 is 1.31 bits per heavy atom. The number of rotatable bonds is 3. The average molecular weight is 398 g/mol. The van der Waals surface area contributed by atoms with Crippen LogP contribution in [0.15, 0.2) is 47.1 Å². The van der Waals surface area contributed by atoms with E-state index in [2.05, 4.69) is 10.0 Å². The lowest BCUT2D eigenvalue weighted by Crippen LogP contribution is -2.73. The molecule has 3 amide bonds. The molecule has 0 unspecified atom stereocenters. The zero-order valence-corrected chi connectivity index (χ0v) is 15.7. The Kier molecular flexibility index (Phi) is 4.61. The molecule has 0 radical (unpaired) electrons. The van der Waals surface area contributed by atoms with Crippen LogP contribution >= 0.6 is 0 Å². The van der Waals surface area contributed by atoms with Crippen LogP contribution in [0.1, 0.15) is 24.2 Å². The first-order valence-corrected chi connectivity index (χ1v) is 9.06. The van der Waals surface area contributed by atoms with E-state index < -0.39 is 42.3 Å². The normalized spacial score (nSPS) is 27.3. The number of carbonyl (C=O) groups excluding carboxylic acids is 3. The highest BCUT2D eigenvalue weighted by Crippen LogP contribution is 2.41. The highest BCUT2D eigenvalue weighted by atomic mass is 16.7. The molecule has 4 aliphatic rings. The van der Waals surface area contributed by atoms with E-state index in [1.54, 1.807) is 50.3 Å². The SMILES string of the molecule is CCOC(=O)N1[C@H]2C=C(C)[C@@H](ON2C(=O)c2ccccc2)[C@@H]2[C@@H](N=[N+]=[N-])C(=O)N21. The maximum absolute atomic E-state index is 13.1. The van der Waals surface area contributed by atoms with E-state index >= 15 is 0 Å². The van der Waals surface area contributed by atoms with E-state index in [1.165, 1.54) is 0 Å². The molecule has 0 N–H and O–H groups in total. The summed E-state index contributed by atoms with van der Waals surface area (Å²) in [5.74, 6) is -1.04. The van der Waals surface area contributed by atoms with E-state index in [-0.39, 0.29) is 6.61 Å². The predicted molar refractivity (Wildman–Crippen MR) is 97.5 cm³/mol. The van der Waals surface area contributed by atoms with Gasteiger partial charge in [-0.1, -0.05) is 23.3 Å². The van der Waals surface area contributed by atoms with Crippen molar-refractivity contribution in [3.05, 3.63) is 58.0 Å². The fraction of sp³-hybridized carbons (Fsp3) is 0.389. The topological polar surface area (TPSA) is 128 Å². The Balaban J connectivity index is 1.79. The zero-order valence-electron chi connectivity index (χ0n) is 15.7. The number of azide groups is 1. The number of hydrogen-bond donors (Lipinski definition) is 0. The molecule has 5 rings (SSSR count). The first kappa shape index (κ1) is 18.8. The number of ether oxygens (including phenoxy) is 1. The lowest BCUT2D eigenvalue weighted by Gasteiger charge is -2.48. The molecule has 2 saturated heterocycles. The van der Waals surface area contributed by atoms with Crippen LogP contribution in [0.3, 0.4) is 0 Å². The standard InChI is InChI=1S/C18H18N6O5/c1-3-28-18(27)22-12-9-10(2)15(14-13(20-21-19)17(26)23(14)22)29-24(12)16(25)11-7-5-4-6-8-11/h4-9,12-15H,3H2,1-2H3/t12-,13-,14+,15-/m1/s1. The van der Waals surface area contributed by atoms with Gasteiger partial charge in [-0.3, -0.25) is 14.4 Å². The van der Waals surface area contributed by atoms with E-state index in [0.717, 1.165) is 15.1 Å². The van der Waals surface area contributed by atoms with Crippen molar-refractivity contribution in [2.24, 2.45) is 5.11 Å². The first-order valence-electron chi connectivity index (χ1n) is 9.06. The van der Waals surface area contributed by atoms with Gasteiger partial charge in [-0.15, -0.1) is 0 Å². The lowest BCUT2D eigenvalue weighted by atomic mass is 9.89. The fourth-order valence-electron chi connectivity index (χ4n) is 3.75. The second-order valence-electron chi connectivity index (χ2n) is 6.71. The molecule has 0 aliphatic carbocycles. The molecule has 29 heavy (non-hydrogen) atoms. The number of hydrogen-bond acceptors (Lipinski definition) is 6. The summed E-state index contributed by atoms with van der Waals surface area (Å²) in [6, 6.07) is 6.63. The maximum atomic E-state index is 13.1. The number of fused-ring (bicyclic) bond motifs is 1. The minimum absolute atomic E-state index is 0.0775. The van der Waals surface area contributed by atoms with Crippen LogP contribution in [0, 0.1) is 0 Å². The van der Waals surface area contributed by atoms with Gasteiger partial charge in [-0.25, -0.2) is 9.80 Å². The van der Waals surface area contributed by atoms with Crippen molar-refractivity contribution in [2.45, 2.75) is 38.2 Å². The van der Waals surface area contributed by atoms with E-state index in [0.29, 0.717) is 11.1 Å². The van der Waals surface area contributed by atoms with Crippen molar-refractivity contribution in [3.8, 4) is 0 Å². The quantitative estimate of drug-likeness (QED) is 0.253. The first-order chi connectivity index (χ1) is 14.0. The van der Waals surface area contributed by atoms with Crippen molar-refractivity contribution in [3.63, 3.8) is 0 Å². The van der Waals surface area contributed by atoms with Gasteiger partial charge in [0, 0.05) is 10.5 Å². The van der Waals surface area contributed by atoms with Crippen LogP contribution in [0.25, 0.3) is 10.4 Å². The minimum atomic E-state index is -1.05. The van der Waals surface area contributed by atoms with Crippen LogP contribution in [-0.2, 0) is 14.4 Å². The number of amides is 3. The highest BCUT2D eigenvalue weighted by Gasteiger charge is 2.62. The zero-order chi connectivity index (χ0) is 20.7. The summed E-state index contributed by atoms with van der Waals surface area (Å²) in [6.45, 7) is 3.48. The molecule has 1 aromatic carbocycles. The average Bonchev–Trinajstić information content (AvgIpc) is 2.92. The second kappa shape index (κ2) is 7.12. The van der Waals surface area contributed by atoms with Gasteiger partial charge >= 0.3 is 6.09 Å². The third kappa shape index (κ3) is 2.79. The molecule has 0 spiro atoms. The molecular formula is C18H18N6O5. The van der Waals surface area contributed by atoms with Crippen molar-refractivity contribution < 1.29 is 24.0 Å². The Morgan fingerprint density at radius 3 is 2.69 bits per heavy atom. The summed E-state index contributed by atoms with van der Waals surface area (Å²) >= 11 is 0. The molecule has 4 aliphatic heterocycles.